The third-order valence-electron chi connectivity index (χ3n) is 3.70. The van der Waals surface area contributed by atoms with Crippen LogP contribution in [0.2, 0.25) is 0 Å². The van der Waals surface area contributed by atoms with Crippen LogP contribution in [0.3, 0.4) is 0 Å². The van der Waals surface area contributed by atoms with Crippen molar-refractivity contribution in [2.75, 3.05) is 0 Å². The quantitative estimate of drug-likeness (QED) is 0.383. The summed E-state index contributed by atoms with van der Waals surface area (Å²) in [5.41, 5.74) is 6.51. The van der Waals surface area contributed by atoms with E-state index in [2.05, 4.69) is 54.2 Å². The van der Waals surface area contributed by atoms with Gasteiger partial charge in [0.2, 0.25) is 0 Å². The van der Waals surface area contributed by atoms with Crippen LogP contribution >= 0.6 is 20.3 Å². The molecule has 0 aromatic heterocycles. The van der Waals surface area contributed by atoms with E-state index >= 15 is 0 Å². The molecule has 0 aliphatic heterocycles. The van der Waals surface area contributed by atoms with Crippen LogP contribution in [0.4, 0.5) is 11.4 Å². The van der Waals surface area contributed by atoms with Crippen molar-refractivity contribution in [3.8, 4) is 0 Å². The van der Waals surface area contributed by atoms with Gasteiger partial charge >= 0.3 is 33.2 Å². The van der Waals surface area contributed by atoms with Gasteiger partial charge in [-0.3, -0.25) is 9.98 Å². The number of hydrogen-bond donors (Lipinski definition) is 0. The standard InChI is InChI=1S/C22H20N2.2ClH.Co/c1-17-6-10-21(11-7-17)23-15-19-4-3-5-20(14-19)16-24-22-12-8-18(2)9-13-22;;;/h3-16H,1-2H3;2*1H;/q;;;+2/p-2. The molecule has 0 saturated heterocycles. The fourth-order valence-corrected chi connectivity index (χ4v) is 2.28. The summed E-state index contributed by atoms with van der Waals surface area (Å²) in [6, 6.07) is 24.5. The Morgan fingerprint density at radius 2 is 1.04 bits per heavy atom. The molecule has 0 aliphatic rings. The Morgan fingerprint density at radius 1 is 0.667 bits per heavy atom. The summed E-state index contributed by atoms with van der Waals surface area (Å²) in [6.07, 6.45) is 3.77. The van der Waals surface area contributed by atoms with Crippen molar-refractivity contribution >= 4 is 44.1 Å². The number of rotatable bonds is 4. The van der Waals surface area contributed by atoms with Gasteiger partial charge in [0.25, 0.3) is 0 Å². The van der Waals surface area contributed by atoms with Crippen molar-refractivity contribution in [2.24, 2.45) is 9.98 Å². The Balaban J connectivity index is 0.000000817. The molecule has 0 heterocycles. The zero-order valence-corrected chi connectivity index (χ0v) is 17.6. The fraction of sp³-hybridized carbons (Fsp3) is 0.0909. The topological polar surface area (TPSA) is 24.7 Å². The molecule has 0 aliphatic carbocycles. The molecule has 0 spiro atoms. The molecule has 0 amide bonds. The van der Waals surface area contributed by atoms with Crippen molar-refractivity contribution in [3.63, 3.8) is 0 Å². The first-order valence-corrected chi connectivity index (χ1v) is 11.1. The Hall–Kier alpha value is -1.91. The van der Waals surface area contributed by atoms with Crippen LogP contribution in [-0.2, 0) is 12.9 Å². The third kappa shape index (κ3) is 8.10. The summed E-state index contributed by atoms with van der Waals surface area (Å²) in [7, 11) is 9.47. The summed E-state index contributed by atoms with van der Waals surface area (Å²) in [5, 5.41) is 0. The van der Waals surface area contributed by atoms with E-state index in [9.17, 15) is 0 Å². The second kappa shape index (κ2) is 11.7. The monoisotopic (exact) mass is 441 g/mol. The van der Waals surface area contributed by atoms with E-state index in [1.807, 2.05) is 54.9 Å². The van der Waals surface area contributed by atoms with E-state index in [-0.39, 0.29) is 0 Å². The van der Waals surface area contributed by atoms with E-state index in [0.29, 0.717) is 12.9 Å². The Labute approximate surface area is 175 Å². The molecule has 2 nitrogen and oxygen atoms in total. The second-order valence-corrected chi connectivity index (χ2v) is 7.62. The molecule has 0 bridgehead atoms. The van der Waals surface area contributed by atoms with Crippen molar-refractivity contribution in [1.82, 2.24) is 0 Å². The normalized spacial score (nSPS) is 11.0. The van der Waals surface area contributed by atoms with Gasteiger partial charge in [0.15, 0.2) is 0 Å². The van der Waals surface area contributed by atoms with Crippen molar-refractivity contribution in [1.29, 1.82) is 0 Å². The van der Waals surface area contributed by atoms with E-state index in [4.69, 9.17) is 20.3 Å². The Bertz CT molecular complexity index is 818. The molecule has 5 heteroatoms. The SMILES string of the molecule is Cc1ccc(N=Cc2cccc(C=Nc3ccc(C)cc3)c2)cc1.[Cl][Co][Cl]. The van der Waals surface area contributed by atoms with Crippen LogP contribution in [0, 0.1) is 13.8 Å². The van der Waals surface area contributed by atoms with Crippen LogP contribution in [0.15, 0.2) is 82.8 Å². The van der Waals surface area contributed by atoms with Gasteiger partial charge in [-0.15, -0.1) is 0 Å². The molecule has 0 radical (unpaired) electrons. The molecule has 3 aromatic carbocycles. The van der Waals surface area contributed by atoms with E-state index < -0.39 is 0 Å². The van der Waals surface area contributed by atoms with Crippen LogP contribution in [0.1, 0.15) is 22.3 Å². The molecule has 141 valence electrons. The molecular weight excluding hydrogens is 422 g/mol. The van der Waals surface area contributed by atoms with Gasteiger partial charge in [-0.25, -0.2) is 0 Å². The van der Waals surface area contributed by atoms with E-state index in [1.165, 1.54) is 11.1 Å². The Morgan fingerprint density at radius 3 is 1.41 bits per heavy atom. The fourth-order valence-electron chi connectivity index (χ4n) is 2.28. The maximum atomic E-state index is 4.73. The minimum absolute atomic E-state index is 0.382. The molecule has 3 rings (SSSR count). The number of benzene rings is 3. The molecule has 0 fully saturated rings. The predicted octanol–water partition coefficient (Wildman–Crippen LogP) is 7.18. The molecule has 0 atom stereocenters. The van der Waals surface area contributed by atoms with Crippen molar-refractivity contribution in [3.05, 3.63) is 95.1 Å². The van der Waals surface area contributed by atoms with Crippen LogP contribution in [0.25, 0.3) is 0 Å². The molecule has 27 heavy (non-hydrogen) atoms. The zero-order chi connectivity index (χ0) is 19.5. The van der Waals surface area contributed by atoms with Crippen LogP contribution < -0.4 is 0 Å². The average molecular weight is 442 g/mol. The summed E-state index contributed by atoms with van der Waals surface area (Å²) in [4.78, 5) is 9.03. The summed E-state index contributed by atoms with van der Waals surface area (Å²) < 4.78 is 0. The third-order valence-corrected chi connectivity index (χ3v) is 3.70. The van der Waals surface area contributed by atoms with Crippen LogP contribution in [-0.4, -0.2) is 12.4 Å². The molecule has 0 N–H and O–H groups in total. The first kappa shape index (κ1) is 21.4. The summed E-state index contributed by atoms with van der Waals surface area (Å²) in [6.45, 7) is 4.15. The van der Waals surface area contributed by atoms with Gasteiger partial charge < -0.3 is 0 Å². The van der Waals surface area contributed by atoms with E-state index in [1.54, 1.807) is 0 Å². The van der Waals surface area contributed by atoms with Crippen LogP contribution in [0.5, 0.6) is 0 Å². The van der Waals surface area contributed by atoms with Gasteiger partial charge in [-0.05, 0) is 55.3 Å². The van der Waals surface area contributed by atoms with Gasteiger partial charge in [0, 0.05) is 12.4 Å². The molecule has 3 aromatic rings. The van der Waals surface area contributed by atoms with Gasteiger partial charge in [-0.2, -0.15) is 0 Å². The first-order chi connectivity index (χ1) is 13.1. The average Bonchev–Trinajstić information content (AvgIpc) is 2.68. The Kier molecular flexibility index (Phi) is 9.29. The summed E-state index contributed by atoms with van der Waals surface area (Å²) >= 11 is 0.382. The first-order valence-electron chi connectivity index (χ1n) is 8.26. The van der Waals surface area contributed by atoms with Gasteiger partial charge in [0.1, 0.15) is 0 Å². The molecule has 0 unspecified atom stereocenters. The second-order valence-electron chi connectivity index (χ2n) is 5.91. The maximum absolute atomic E-state index is 4.73. The van der Waals surface area contributed by atoms with Crippen molar-refractivity contribution < 1.29 is 12.9 Å². The van der Waals surface area contributed by atoms with Crippen molar-refractivity contribution in [2.45, 2.75) is 13.8 Å². The zero-order valence-electron chi connectivity index (χ0n) is 15.1. The predicted molar refractivity (Wildman–Crippen MR) is 115 cm³/mol. The minimum atomic E-state index is 0.382. The van der Waals surface area contributed by atoms with Gasteiger partial charge in [0.05, 0.1) is 11.4 Å². The number of nitrogens with zero attached hydrogens (tertiary/aromatic N) is 2. The molecular formula is C22H20Cl2CoN2. The summed E-state index contributed by atoms with van der Waals surface area (Å²) in [5.74, 6) is 0. The number of hydrogen-bond acceptors (Lipinski definition) is 2. The van der Waals surface area contributed by atoms with E-state index in [0.717, 1.165) is 22.5 Å². The number of aryl methyl sites for hydroxylation is 2. The molecule has 0 saturated carbocycles. The number of aliphatic imine (C=N–C) groups is 2. The number of halogens is 2. The van der Waals surface area contributed by atoms with Gasteiger partial charge in [-0.1, -0.05) is 53.6 Å².